The molecule has 22 heavy (non-hydrogen) atoms. The Bertz CT molecular complexity index is 594. The Morgan fingerprint density at radius 3 is 2.59 bits per heavy atom. The van der Waals surface area contributed by atoms with E-state index in [0.717, 1.165) is 15.6 Å². The van der Waals surface area contributed by atoms with Crippen LogP contribution in [0.2, 0.25) is 0 Å². The van der Waals surface area contributed by atoms with Crippen molar-refractivity contribution < 1.29 is 19.1 Å². The summed E-state index contributed by atoms with van der Waals surface area (Å²) in [6, 6.07) is 4.84. The maximum absolute atomic E-state index is 12.4. The van der Waals surface area contributed by atoms with Crippen LogP contribution in [0.4, 0.5) is 4.79 Å². The van der Waals surface area contributed by atoms with Crippen molar-refractivity contribution in [1.82, 2.24) is 4.90 Å². The minimum absolute atomic E-state index is 0.407. The van der Waals surface area contributed by atoms with Gasteiger partial charge in [-0.05, 0) is 44.4 Å². The molecule has 1 unspecified atom stereocenters. The summed E-state index contributed by atoms with van der Waals surface area (Å²) in [5, 5.41) is 0. The third-order valence-corrected chi connectivity index (χ3v) is 4.16. The summed E-state index contributed by atoms with van der Waals surface area (Å²) in [5.41, 5.74) is 1.19. The second-order valence-electron chi connectivity index (χ2n) is 6.16. The molecule has 1 aliphatic heterocycles. The molecule has 2 rings (SSSR count). The minimum atomic E-state index is -0.777. The fraction of sp³-hybridized carbons (Fsp3) is 0.500. The highest BCUT2D eigenvalue weighted by molar-refractivity contribution is 9.10. The van der Waals surface area contributed by atoms with E-state index in [-0.39, 0.29) is 0 Å². The number of nitrogens with zero attached hydrogens (tertiary/aromatic N) is 1. The lowest BCUT2D eigenvalue weighted by Crippen LogP contribution is -2.46. The number of rotatable bonds is 1. The molecule has 1 atom stereocenters. The zero-order valence-corrected chi connectivity index (χ0v) is 14.8. The summed E-state index contributed by atoms with van der Waals surface area (Å²) < 4.78 is 11.2. The van der Waals surface area contributed by atoms with Gasteiger partial charge in [0.25, 0.3) is 0 Å². The fourth-order valence-electron chi connectivity index (χ4n) is 2.51. The molecule has 0 radical (unpaired) electrons. The predicted molar refractivity (Wildman–Crippen MR) is 85.5 cm³/mol. The summed E-state index contributed by atoms with van der Waals surface area (Å²) in [7, 11) is 1.32. The average molecular weight is 370 g/mol. The zero-order valence-electron chi connectivity index (χ0n) is 13.2. The number of carbonyl (C=O) groups excluding carboxylic acids is 2. The molecule has 0 spiro atoms. The van der Waals surface area contributed by atoms with E-state index in [9.17, 15) is 9.59 Å². The van der Waals surface area contributed by atoms with Crippen LogP contribution in [0, 0.1) is 0 Å². The molecule has 6 heteroatoms. The van der Waals surface area contributed by atoms with Crippen LogP contribution in [-0.4, -0.2) is 36.2 Å². The van der Waals surface area contributed by atoms with Gasteiger partial charge in [-0.3, -0.25) is 4.90 Å². The number of fused-ring (bicyclic) bond motifs is 1. The van der Waals surface area contributed by atoms with Gasteiger partial charge < -0.3 is 9.47 Å². The highest BCUT2D eigenvalue weighted by atomic mass is 79.9. The molecule has 1 aromatic carbocycles. The quantitative estimate of drug-likeness (QED) is 0.711. The van der Waals surface area contributed by atoms with Crippen molar-refractivity contribution in [3.05, 3.63) is 33.8 Å². The van der Waals surface area contributed by atoms with Gasteiger partial charge in [-0.25, -0.2) is 9.59 Å². The molecular weight excluding hydrogens is 350 g/mol. The second-order valence-corrected chi connectivity index (χ2v) is 7.01. The third kappa shape index (κ3) is 3.43. The van der Waals surface area contributed by atoms with Gasteiger partial charge in [0.2, 0.25) is 0 Å². The molecule has 120 valence electrons. The van der Waals surface area contributed by atoms with Crippen molar-refractivity contribution in [2.75, 3.05) is 13.7 Å². The number of amides is 1. The standard InChI is InChI=1S/C16H20BrNO4/c1-16(2,3)22-15(20)18-9-8-10-11(6-5-7-12(10)17)13(18)14(19)21-4/h5-7,13H,8-9H2,1-4H3. The molecular formula is C16H20BrNO4. The van der Waals surface area contributed by atoms with Crippen molar-refractivity contribution in [3.8, 4) is 0 Å². The largest absolute Gasteiger partial charge is 0.467 e. The first kappa shape index (κ1) is 16.8. The Kier molecular flexibility index (Phi) is 4.80. The Morgan fingerprint density at radius 1 is 1.32 bits per heavy atom. The van der Waals surface area contributed by atoms with Crippen LogP contribution in [0.1, 0.15) is 37.9 Å². The zero-order chi connectivity index (χ0) is 16.5. The Balaban J connectivity index is 2.40. The highest BCUT2D eigenvalue weighted by Gasteiger charge is 2.39. The molecule has 1 aromatic rings. The van der Waals surface area contributed by atoms with Crippen LogP contribution in [0.5, 0.6) is 0 Å². The molecule has 0 N–H and O–H groups in total. The lowest BCUT2D eigenvalue weighted by Gasteiger charge is -2.36. The molecule has 0 aliphatic carbocycles. The SMILES string of the molecule is COC(=O)C1c2cccc(Br)c2CCN1C(=O)OC(C)(C)C. The van der Waals surface area contributed by atoms with Gasteiger partial charge in [-0.1, -0.05) is 28.1 Å². The van der Waals surface area contributed by atoms with Crippen LogP contribution >= 0.6 is 15.9 Å². The van der Waals surface area contributed by atoms with Crippen molar-refractivity contribution in [3.63, 3.8) is 0 Å². The van der Waals surface area contributed by atoms with Gasteiger partial charge in [0, 0.05) is 11.0 Å². The number of hydrogen-bond donors (Lipinski definition) is 0. The predicted octanol–water partition coefficient (Wildman–Crippen LogP) is 3.46. The lowest BCUT2D eigenvalue weighted by molar-refractivity contribution is -0.147. The van der Waals surface area contributed by atoms with Crippen molar-refractivity contribution in [2.45, 2.75) is 38.8 Å². The molecule has 1 heterocycles. The summed E-state index contributed by atoms with van der Waals surface area (Å²) in [5.74, 6) is -0.468. The normalized spacial score (nSPS) is 17.7. The second kappa shape index (κ2) is 6.28. The minimum Gasteiger partial charge on any atom is -0.467 e. The first-order valence-corrected chi connectivity index (χ1v) is 7.88. The van der Waals surface area contributed by atoms with E-state index in [0.29, 0.717) is 13.0 Å². The van der Waals surface area contributed by atoms with Crippen LogP contribution in [0.15, 0.2) is 22.7 Å². The van der Waals surface area contributed by atoms with Crippen molar-refractivity contribution in [1.29, 1.82) is 0 Å². The maximum atomic E-state index is 12.4. The van der Waals surface area contributed by atoms with Gasteiger partial charge in [0.05, 0.1) is 7.11 Å². The number of benzene rings is 1. The average Bonchev–Trinajstić information content (AvgIpc) is 2.44. The third-order valence-electron chi connectivity index (χ3n) is 3.42. The number of hydrogen-bond acceptors (Lipinski definition) is 4. The molecule has 0 saturated carbocycles. The van der Waals surface area contributed by atoms with E-state index in [1.165, 1.54) is 12.0 Å². The summed E-state index contributed by atoms with van der Waals surface area (Å²) in [4.78, 5) is 26.1. The first-order valence-electron chi connectivity index (χ1n) is 7.09. The summed E-state index contributed by atoms with van der Waals surface area (Å²) in [6.45, 7) is 5.80. The smallest absolute Gasteiger partial charge is 0.411 e. The molecule has 1 aliphatic rings. The Labute approximate surface area is 138 Å². The number of methoxy groups -OCH3 is 1. The monoisotopic (exact) mass is 369 g/mol. The van der Waals surface area contributed by atoms with E-state index in [1.807, 2.05) is 18.2 Å². The first-order chi connectivity index (χ1) is 10.2. The fourth-order valence-corrected chi connectivity index (χ4v) is 3.09. The highest BCUT2D eigenvalue weighted by Crippen LogP contribution is 2.35. The van der Waals surface area contributed by atoms with E-state index in [4.69, 9.17) is 9.47 Å². The molecule has 0 bridgehead atoms. The van der Waals surface area contributed by atoms with Crippen LogP contribution in [-0.2, 0) is 20.7 Å². The van der Waals surface area contributed by atoms with Gasteiger partial charge in [0.15, 0.2) is 6.04 Å². The Morgan fingerprint density at radius 2 is 2.00 bits per heavy atom. The van der Waals surface area contributed by atoms with E-state index in [2.05, 4.69) is 15.9 Å². The number of ether oxygens (including phenoxy) is 2. The van der Waals surface area contributed by atoms with Gasteiger partial charge >= 0.3 is 12.1 Å². The van der Waals surface area contributed by atoms with Crippen LogP contribution < -0.4 is 0 Å². The molecule has 1 amide bonds. The number of carbonyl (C=O) groups is 2. The van der Waals surface area contributed by atoms with Crippen molar-refractivity contribution >= 4 is 28.0 Å². The lowest BCUT2D eigenvalue weighted by atomic mass is 9.93. The summed E-state index contributed by atoms with van der Waals surface area (Å²) >= 11 is 3.50. The van der Waals surface area contributed by atoms with Crippen LogP contribution in [0.3, 0.4) is 0 Å². The topological polar surface area (TPSA) is 55.8 Å². The molecule has 0 fully saturated rings. The number of esters is 1. The summed E-state index contributed by atoms with van der Waals surface area (Å²) in [6.07, 6.45) is 0.150. The van der Waals surface area contributed by atoms with Gasteiger partial charge in [0.1, 0.15) is 5.60 Å². The molecule has 0 saturated heterocycles. The molecule has 0 aromatic heterocycles. The van der Waals surface area contributed by atoms with Gasteiger partial charge in [-0.15, -0.1) is 0 Å². The number of halogens is 1. The van der Waals surface area contributed by atoms with E-state index in [1.54, 1.807) is 20.8 Å². The van der Waals surface area contributed by atoms with Crippen LogP contribution in [0.25, 0.3) is 0 Å². The van der Waals surface area contributed by atoms with E-state index >= 15 is 0 Å². The van der Waals surface area contributed by atoms with E-state index < -0.39 is 23.7 Å². The van der Waals surface area contributed by atoms with Crippen molar-refractivity contribution in [2.24, 2.45) is 0 Å². The maximum Gasteiger partial charge on any atom is 0.411 e. The van der Waals surface area contributed by atoms with Gasteiger partial charge in [-0.2, -0.15) is 0 Å². The Hall–Kier alpha value is -1.56. The molecule has 5 nitrogen and oxygen atoms in total.